The zero-order valence-electron chi connectivity index (χ0n) is 10.8. The van der Waals surface area contributed by atoms with Crippen LogP contribution in [0.25, 0.3) is 0 Å². The van der Waals surface area contributed by atoms with Crippen molar-refractivity contribution in [1.29, 1.82) is 0 Å². The maximum Gasteiger partial charge on any atom is 0.251 e. The average molecular weight is 234 g/mol. The molecule has 0 fully saturated rings. The van der Waals surface area contributed by atoms with Gasteiger partial charge in [-0.05, 0) is 31.0 Å². The summed E-state index contributed by atoms with van der Waals surface area (Å²) in [4.78, 5) is 11.9. The van der Waals surface area contributed by atoms with Gasteiger partial charge < -0.3 is 10.6 Å². The lowest BCUT2D eigenvalue weighted by Gasteiger charge is -2.09. The fourth-order valence-corrected chi connectivity index (χ4v) is 1.71. The molecule has 1 rings (SSSR count). The second-order valence-corrected chi connectivity index (χ2v) is 4.02. The van der Waals surface area contributed by atoms with Gasteiger partial charge in [0.25, 0.3) is 5.91 Å². The number of aryl methyl sites for hydroxylation is 1. The Balaban J connectivity index is 2.41. The van der Waals surface area contributed by atoms with Crippen LogP contribution in [0.3, 0.4) is 0 Å². The molecule has 0 radical (unpaired) electrons. The monoisotopic (exact) mass is 234 g/mol. The van der Waals surface area contributed by atoms with E-state index in [0.29, 0.717) is 6.54 Å². The van der Waals surface area contributed by atoms with Gasteiger partial charge in [-0.15, -0.1) is 0 Å². The molecule has 1 aromatic rings. The number of nitrogens with one attached hydrogen (secondary N) is 2. The lowest BCUT2D eigenvalue weighted by Crippen LogP contribution is -2.32. The minimum absolute atomic E-state index is 0.0285. The van der Waals surface area contributed by atoms with Gasteiger partial charge in [0.05, 0.1) is 0 Å². The highest BCUT2D eigenvalue weighted by molar-refractivity contribution is 5.95. The summed E-state index contributed by atoms with van der Waals surface area (Å²) in [5.41, 5.74) is 1.90. The summed E-state index contributed by atoms with van der Waals surface area (Å²) in [7, 11) is 0. The molecule has 0 atom stereocenters. The third-order valence-electron chi connectivity index (χ3n) is 2.66. The molecular weight excluding hydrogens is 212 g/mol. The van der Waals surface area contributed by atoms with Gasteiger partial charge in [0, 0.05) is 18.7 Å². The zero-order chi connectivity index (χ0) is 12.5. The predicted octanol–water partition coefficient (Wildman–Crippen LogP) is 1.98. The van der Waals surface area contributed by atoms with Crippen LogP contribution < -0.4 is 10.6 Å². The number of rotatable bonds is 7. The van der Waals surface area contributed by atoms with E-state index in [1.807, 2.05) is 24.3 Å². The van der Waals surface area contributed by atoms with Crippen LogP contribution >= 0.6 is 0 Å². The Bertz CT molecular complexity index is 350. The highest BCUT2D eigenvalue weighted by Gasteiger charge is 2.08. The van der Waals surface area contributed by atoms with Crippen molar-refractivity contribution in [3.05, 3.63) is 35.4 Å². The summed E-state index contributed by atoms with van der Waals surface area (Å²) >= 11 is 0. The van der Waals surface area contributed by atoms with Crippen molar-refractivity contribution < 1.29 is 4.79 Å². The Labute approximate surface area is 104 Å². The second kappa shape index (κ2) is 7.85. The largest absolute Gasteiger partial charge is 0.351 e. The number of carbonyl (C=O) groups excluding carboxylic acids is 1. The van der Waals surface area contributed by atoms with Crippen LogP contribution in [0.2, 0.25) is 0 Å². The molecule has 0 aliphatic carbocycles. The van der Waals surface area contributed by atoms with Crippen molar-refractivity contribution in [2.45, 2.75) is 26.7 Å². The fraction of sp³-hybridized carbons (Fsp3) is 0.500. The number of hydrogen-bond donors (Lipinski definition) is 2. The Morgan fingerprint density at radius 3 is 2.59 bits per heavy atom. The molecule has 0 aromatic heterocycles. The van der Waals surface area contributed by atoms with Crippen LogP contribution in [-0.4, -0.2) is 25.5 Å². The molecule has 17 heavy (non-hydrogen) atoms. The van der Waals surface area contributed by atoms with Gasteiger partial charge in [0.1, 0.15) is 0 Å². The number of benzene rings is 1. The first-order chi connectivity index (χ1) is 8.29. The Morgan fingerprint density at radius 1 is 1.12 bits per heavy atom. The van der Waals surface area contributed by atoms with Gasteiger partial charge in [-0.1, -0.05) is 32.0 Å². The fourth-order valence-electron chi connectivity index (χ4n) is 1.71. The van der Waals surface area contributed by atoms with Crippen LogP contribution in [-0.2, 0) is 6.42 Å². The first-order valence-electron chi connectivity index (χ1n) is 6.36. The summed E-state index contributed by atoms with van der Waals surface area (Å²) in [5.74, 6) is 0.0285. The van der Waals surface area contributed by atoms with E-state index in [9.17, 15) is 4.79 Å². The third-order valence-corrected chi connectivity index (χ3v) is 2.66. The van der Waals surface area contributed by atoms with Crippen molar-refractivity contribution in [1.82, 2.24) is 10.6 Å². The molecule has 0 aliphatic heterocycles. The van der Waals surface area contributed by atoms with E-state index in [2.05, 4.69) is 24.5 Å². The zero-order valence-corrected chi connectivity index (χ0v) is 10.8. The van der Waals surface area contributed by atoms with Gasteiger partial charge in [-0.3, -0.25) is 4.79 Å². The van der Waals surface area contributed by atoms with E-state index in [4.69, 9.17) is 0 Å². The molecule has 0 bridgehead atoms. The predicted molar refractivity (Wildman–Crippen MR) is 71.3 cm³/mol. The third kappa shape index (κ3) is 4.57. The summed E-state index contributed by atoms with van der Waals surface area (Å²) < 4.78 is 0. The standard InChI is InChI=1S/C14H22N2O/c1-3-9-15-10-11-16-14(17)13-8-6-5-7-12(13)4-2/h5-8,15H,3-4,9-11H2,1-2H3,(H,16,17). The van der Waals surface area contributed by atoms with E-state index in [0.717, 1.165) is 37.1 Å². The van der Waals surface area contributed by atoms with Crippen molar-refractivity contribution in [3.8, 4) is 0 Å². The molecule has 0 unspecified atom stereocenters. The maximum absolute atomic E-state index is 11.9. The Hall–Kier alpha value is -1.35. The van der Waals surface area contributed by atoms with Gasteiger partial charge in [0.15, 0.2) is 0 Å². The Kier molecular flexibility index (Phi) is 6.33. The molecule has 0 heterocycles. The van der Waals surface area contributed by atoms with Gasteiger partial charge in [0.2, 0.25) is 0 Å². The van der Waals surface area contributed by atoms with Crippen molar-refractivity contribution in [2.24, 2.45) is 0 Å². The van der Waals surface area contributed by atoms with E-state index in [-0.39, 0.29) is 5.91 Å². The SMILES string of the molecule is CCCNCCNC(=O)c1ccccc1CC. The van der Waals surface area contributed by atoms with Gasteiger partial charge >= 0.3 is 0 Å². The van der Waals surface area contributed by atoms with Gasteiger partial charge in [-0.2, -0.15) is 0 Å². The molecule has 3 heteroatoms. The lowest BCUT2D eigenvalue weighted by atomic mass is 10.0. The van der Waals surface area contributed by atoms with Crippen molar-refractivity contribution in [3.63, 3.8) is 0 Å². The molecule has 3 nitrogen and oxygen atoms in total. The number of amides is 1. The van der Waals surface area contributed by atoms with Crippen LogP contribution in [0.15, 0.2) is 24.3 Å². The first-order valence-corrected chi connectivity index (χ1v) is 6.36. The van der Waals surface area contributed by atoms with E-state index in [1.54, 1.807) is 0 Å². The highest BCUT2D eigenvalue weighted by atomic mass is 16.1. The molecule has 0 saturated heterocycles. The molecule has 94 valence electrons. The quantitative estimate of drug-likeness (QED) is 0.708. The van der Waals surface area contributed by atoms with Crippen LogP contribution in [0.5, 0.6) is 0 Å². The van der Waals surface area contributed by atoms with Crippen LogP contribution in [0.4, 0.5) is 0 Å². The molecule has 1 amide bonds. The van der Waals surface area contributed by atoms with Gasteiger partial charge in [-0.25, -0.2) is 0 Å². The smallest absolute Gasteiger partial charge is 0.251 e. The van der Waals surface area contributed by atoms with Crippen LogP contribution in [0.1, 0.15) is 36.2 Å². The van der Waals surface area contributed by atoms with E-state index < -0.39 is 0 Å². The Morgan fingerprint density at radius 2 is 1.88 bits per heavy atom. The summed E-state index contributed by atoms with van der Waals surface area (Å²) in [6, 6.07) is 7.76. The minimum Gasteiger partial charge on any atom is -0.351 e. The number of hydrogen-bond acceptors (Lipinski definition) is 2. The topological polar surface area (TPSA) is 41.1 Å². The maximum atomic E-state index is 11.9. The van der Waals surface area contributed by atoms with Crippen molar-refractivity contribution >= 4 is 5.91 Å². The van der Waals surface area contributed by atoms with Crippen LogP contribution in [0, 0.1) is 0 Å². The average Bonchev–Trinajstić information content (AvgIpc) is 2.38. The molecular formula is C14H22N2O. The number of carbonyl (C=O) groups is 1. The van der Waals surface area contributed by atoms with E-state index in [1.165, 1.54) is 0 Å². The highest BCUT2D eigenvalue weighted by Crippen LogP contribution is 2.08. The summed E-state index contributed by atoms with van der Waals surface area (Å²) in [6.07, 6.45) is 2.00. The molecule has 0 spiro atoms. The normalized spacial score (nSPS) is 10.2. The summed E-state index contributed by atoms with van der Waals surface area (Å²) in [6.45, 7) is 6.70. The summed E-state index contributed by atoms with van der Waals surface area (Å²) in [5, 5.41) is 6.19. The van der Waals surface area contributed by atoms with E-state index >= 15 is 0 Å². The second-order valence-electron chi connectivity index (χ2n) is 4.02. The molecule has 1 aromatic carbocycles. The lowest BCUT2D eigenvalue weighted by molar-refractivity contribution is 0.0953. The molecule has 0 aliphatic rings. The minimum atomic E-state index is 0.0285. The molecule has 0 saturated carbocycles. The first kappa shape index (κ1) is 13.7. The van der Waals surface area contributed by atoms with Crippen molar-refractivity contribution in [2.75, 3.05) is 19.6 Å². The molecule has 2 N–H and O–H groups in total.